The SMILES string of the molecule is CC(=O)O[C@H]1C(=O)[C@]23[C@H](C[C@H]4OC[C@@]4(OC(C)=O)[C@H]2[C@H](OC(=O)c2ccccc2)[C@]2(O)C[C@H](OC(=O)[C@H](O)[C@@H](NC(=O)NC(C)(C)C)c4ccccc4)C(C)=C1C2(C)C)[C@@H]3C. The summed E-state index contributed by atoms with van der Waals surface area (Å²) in [5.41, 5.74) is -6.54. The maximum absolute atomic E-state index is 15.7. The van der Waals surface area contributed by atoms with Crippen LogP contribution in [-0.4, -0.2) is 99.8 Å². The number of ketones is 1. The van der Waals surface area contributed by atoms with E-state index in [1.807, 2.05) is 6.92 Å². The molecule has 2 aromatic carbocycles. The van der Waals surface area contributed by atoms with Gasteiger partial charge in [-0.2, -0.15) is 0 Å². The maximum Gasteiger partial charge on any atom is 0.338 e. The van der Waals surface area contributed by atoms with Crippen LogP contribution in [0.2, 0.25) is 0 Å². The van der Waals surface area contributed by atoms with Gasteiger partial charge in [-0.05, 0) is 74.8 Å². The van der Waals surface area contributed by atoms with E-state index in [0.717, 1.165) is 6.92 Å². The van der Waals surface area contributed by atoms with Crippen molar-refractivity contribution < 1.29 is 62.7 Å². The van der Waals surface area contributed by atoms with E-state index in [1.54, 1.807) is 102 Å². The molecule has 5 aliphatic rings. The highest BCUT2D eigenvalue weighted by Crippen LogP contribution is 2.77. The Morgan fingerprint density at radius 3 is 2.10 bits per heavy atom. The molecule has 4 fully saturated rings. The third-order valence-corrected chi connectivity index (χ3v) is 13.9. The monoisotopic (exact) mass is 844 g/mol. The molecule has 2 bridgehead atoms. The Balaban J connectivity index is 1.39. The van der Waals surface area contributed by atoms with Crippen LogP contribution in [0.4, 0.5) is 4.79 Å². The number of carbonyl (C=O) groups is 6. The predicted octanol–water partition coefficient (Wildman–Crippen LogP) is 4.29. The number of carbonyl (C=O) groups excluding carboxylic acids is 6. The average molecular weight is 845 g/mol. The highest BCUT2D eigenvalue weighted by atomic mass is 16.6. The zero-order valence-electron chi connectivity index (χ0n) is 36.0. The molecule has 1 spiro atoms. The largest absolute Gasteiger partial charge is 0.456 e. The van der Waals surface area contributed by atoms with E-state index in [-0.39, 0.29) is 23.3 Å². The van der Waals surface area contributed by atoms with Gasteiger partial charge in [-0.15, -0.1) is 0 Å². The molecule has 12 atom stereocenters. The Morgan fingerprint density at radius 1 is 0.918 bits per heavy atom. The van der Waals surface area contributed by atoms with Crippen molar-refractivity contribution >= 4 is 35.7 Å². The zero-order valence-corrected chi connectivity index (χ0v) is 36.0. The van der Waals surface area contributed by atoms with Gasteiger partial charge < -0.3 is 44.5 Å². The fourth-order valence-corrected chi connectivity index (χ4v) is 11.1. The summed E-state index contributed by atoms with van der Waals surface area (Å²) < 4.78 is 30.9. The lowest BCUT2D eigenvalue weighted by Crippen LogP contribution is -2.78. The number of aliphatic hydroxyl groups is 2. The van der Waals surface area contributed by atoms with Crippen molar-refractivity contribution in [2.24, 2.45) is 28.6 Å². The van der Waals surface area contributed by atoms with Gasteiger partial charge in [0, 0.05) is 36.6 Å². The molecule has 0 unspecified atom stereocenters. The highest BCUT2D eigenvalue weighted by Gasteiger charge is 2.86. The number of hydrogen-bond donors (Lipinski definition) is 4. The first-order chi connectivity index (χ1) is 28.5. The Labute approximate surface area is 354 Å². The van der Waals surface area contributed by atoms with Gasteiger partial charge >= 0.3 is 29.9 Å². The van der Waals surface area contributed by atoms with E-state index in [9.17, 15) is 34.2 Å². The molecule has 1 saturated heterocycles. The van der Waals surface area contributed by atoms with Crippen LogP contribution in [0.15, 0.2) is 71.8 Å². The molecule has 7 rings (SSSR count). The molecule has 1 aliphatic heterocycles. The molecule has 4 N–H and O–H groups in total. The summed E-state index contributed by atoms with van der Waals surface area (Å²) >= 11 is 0. The van der Waals surface area contributed by atoms with Crippen molar-refractivity contribution in [1.82, 2.24) is 10.6 Å². The fourth-order valence-electron chi connectivity index (χ4n) is 11.1. The molecule has 15 nitrogen and oxygen atoms in total. The van der Waals surface area contributed by atoms with Gasteiger partial charge in [0.1, 0.15) is 23.9 Å². The zero-order chi connectivity index (χ0) is 44.6. The standard InChI is InChI=1S/C46H56N2O13/c1-23-30(59-40(54)34(51)33(27-16-12-10-13-17-27)47-41(55)48-42(5,6)7)21-45(56)38(60-39(53)28-18-14-11-15-19-28)36-44(61-26(4)50)22-57-31(44)20-29-24(2)46(29,36)37(52)35(58-25(3)49)32(23)43(45,8)9/h10-19,24,29-31,33-36,38,51,56H,20-22H2,1-9H3,(H2,47,48,55)/t24-,29+,30-,31+,33-,34+,35+,36+,38-,44-,45+,46+/m0/s1. The summed E-state index contributed by atoms with van der Waals surface area (Å²) in [4.78, 5) is 83.5. The van der Waals surface area contributed by atoms with E-state index in [0.29, 0.717) is 12.0 Å². The molecule has 0 aromatic heterocycles. The van der Waals surface area contributed by atoms with E-state index in [4.69, 9.17) is 23.7 Å². The number of Topliss-reactive ketones (excluding diaryl/α,β-unsaturated/α-hetero) is 1. The second-order valence-corrected chi connectivity index (χ2v) is 18.9. The lowest BCUT2D eigenvalue weighted by molar-refractivity contribution is -0.323. The molecule has 1 heterocycles. The van der Waals surface area contributed by atoms with Crippen LogP contribution in [0.1, 0.15) is 97.1 Å². The van der Waals surface area contributed by atoms with Gasteiger partial charge in [-0.25, -0.2) is 14.4 Å². The molecule has 2 amide bonds. The molecule has 2 aromatic rings. The van der Waals surface area contributed by atoms with Crippen molar-refractivity contribution in [2.75, 3.05) is 6.61 Å². The normalized spacial score (nSPS) is 34.2. The first-order valence-electron chi connectivity index (χ1n) is 20.8. The molecule has 0 radical (unpaired) electrons. The second kappa shape index (κ2) is 15.3. The summed E-state index contributed by atoms with van der Waals surface area (Å²) in [5.74, 6) is -6.07. The van der Waals surface area contributed by atoms with Crippen molar-refractivity contribution in [3.05, 3.63) is 82.9 Å². The molecule has 4 aliphatic carbocycles. The molecular formula is C46H56N2O13. The summed E-state index contributed by atoms with van der Waals surface area (Å²) in [7, 11) is 0. The minimum Gasteiger partial charge on any atom is -0.456 e. The summed E-state index contributed by atoms with van der Waals surface area (Å²) in [6.07, 6.45) is -7.50. The van der Waals surface area contributed by atoms with Crippen LogP contribution < -0.4 is 10.6 Å². The lowest BCUT2D eigenvalue weighted by atomic mass is 9.48. The van der Waals surface area contributed by atoms with E-state index < -0.39 is 124 Å². The van der Waals surface area contributed by atoms with Crippen molar-refractivity contribution in [3.63, 3.8) is 0 Å². The Bertz CT molecular complexity index is 2150. The number of aliphatic hydroxyl groups excluding tert-OH is 1. The van der Waals surface area contributed by atoms with Gasteiger partial charge in [-0.3, -0.25) is 14.4 Å². The molecule has 15 heteroatoms. The number of fused-ring (bicyclic) bond motifs is 4. The number of amides is 2. The number of rotatable bonds is 9. The van der Waals surface area contributed by atoms with Gasteiger partial charge in [0.15, 0.2) is 23.6 Å². The number of ether oxygens (including phenoxy) is 5. The lowest BCUT2D eigenvalue weighted by Gasteiger charge is -2.64. The fraction of sp³-hybridized carbons (Fsp3) is 0.565. The quantitative estimate of drug-likeness (QED) is 0.158. The van der Waals surface area contributed by atoms with Crippen LogP contribution in [0.5, 0.6) is 0 Å². The van der Waals surface area contributed by atoms with Crippen LogP contribution in [0.25, 0.3) is 0 Å². The minimum absolute atomic E-state index is 0.135. The van der Waals surface area contributed by atoms with Crippen LogP contribution >= 0.6 is 0 Å². The van der Waals surface area contributed by atoms with E-state index >= 15 is 4.79 Å². The Morgan fingerprint density at radius 2 is 1.54 bits per heavy atom. The first-order valence-corrected chi connectivity index (χ1v) is 20.8. The van der Waals surface area contributed by atoms with Gasteiger partial charge in [-0.1, -0.05) is 69.3 Å². The Hall–Kier alpha value is -5.12. The Kier molecular flexibility index (Phi) is 11.1. The van der Waals surface area contributed by atoms with Crippen molar-refractivity contribution in [2.45, 2.75) is 128 Å². The number of nitrogens with one attached hydrogen (secondary N) is 2. The molecule has 3 saturated carbocycles. The third-order valence-electron chi connectivity index (χ3n) is 13.9. The minimum atomic E-state index is -2.25. The van der Waals surface area contributed by atoms with E-state index in [2.05, 4.69) is 10.6 Å². The molecule has 61 heavy (non-hydrogen) atoms. The van der Waals surface area contributed by atoms with Crippen molar-refractivity contribution in [3.8, 4) is 0 Å². The van der Waals surface area contributed by atoms with E-state index in [1.165, 1.54) is 6.92 Å². The number of hydrogen-bond acceptors (Lipinski definition) is 13. The van der Waals surface area contributed by atoms with Gasteiger partial charge in [0.05, 0.1) is 24.1 Å². The number of benzene rings is 2. The smallest absolute Gasteiger partial charge is 0.338 e. The first kappa shape index (κ1) is 44.0. The number of esters is 4. The van der Waals surface area contributed by atoms with Crippen LogP contribution in [0, 0.1) is 28.6 Å². The van der Waals surface area contributed by atoms with Gasteiger partial charge in [0.25, 0.3) is 0 Å². The summed E-state index contributed by atoms with van der Waals surface area (Å²) in [6, 6.07) is 14.5. The topological polar surface area (TPSA) is 213 Å². The van der Waals surface area contributed by atoms with Crippen LogP contribution in [-0.2, 0) is 42.9 Å². The second-order valence-electron chi connectivity index (χ2n) is 18.9. The molecule has 328 valence electrons. The summed E-state index contributed by atoms with van der Waals surface area (Å²) in [5, 5.41) is 30.9. The molecular weight excluding hydrogens is 789 g/mol. The predicted molar refractivity (Wildman–Crippen MR) is 216 cm³/mol. The summed E-state index contributed by atoms with van der Waals surface area (Å²) in [6.45, 7) is 14.3. The number of urea groups is 1. The van der Waals surface area contributed by atoms with Crippen LogP contribution in [0.3, 0.4) is 0 Å². The van der Waals surface area contributed by atoms with Gasteiger partial charge in [0.2, 0.25) is 0 Å². The average Bonchev–Trinajstić information content (AvgIpc) is 3.77. The maximum atomic E-state index is 15.7. The van der Waals surface area contributed by atoms with Crippen molar-refractivity contribution in [1.29, 1.82) is 0 Å². The highest BCUT2D eigenvalue weighted by molar-refractivity contribution is 5.98. The third kappa shape index (κ3) is 7.11.